The lowest BCUT2D eigenvalue weighted by atomic mass is 9.95. The first-order valence-corrected chi connectivity index (χ1v) is 29.6. The first-order valence-electron chi connectivity index (χ1n) is 29.6. The maximum absolute atomic E-state index is 14.4. The molecule has 0 unspecified atom stereocenters. The number of benzene rings is 3. The second-order valence-corrected chi connectivity index (χ2v) is 22.3. The van der Waals surface area contributed by atoms with Crippen LogP contribution >= 0.6 is 0 Å². The predicted molar refractivity (Wildman–Crippen MR) is 310 cm³/mol. The van der Waals surface area contributed by atoms with Crippen LogP contribution in [-0.2, 0) is 85.5 Å². The van der Waals surface area contributed by atoms with Gasteiger partial charge in [-0.15, -0.1) is 0 Å². The van der Waals surface area contributed by atoms with Crippen LogP contribution in [0.2, 0.25) is 0 Å². The summed E-state index contributed by atoms with van der Waals surface area (Å²) in [6.45, 7) is -4.85. The first-order chi connectivity index (χ1) is 45.8. The fourth-order valence-corrected chi connectivity index (χ4v) is 10.9. The fourth-order valence-electron chi connectivity index (χ4n) is 10.9. The van der Waals surface area contributed by atoms with Crippen molar-refractivity contribution in [1.29, 1.82) is 0 Å². The van der Waals surface area contributed by atoms with Crippen molar-refractivity contribution in [3.8, 4) is 23.0 Å². The number of hydrogen-bond donors (Lipinski definition) is 14. The molecular formula is C61H76O35. The van der Waals surface area contributed by atoms with Crippen LogP contribution in [0.25, 0.3) is 12.2 Å². The van der Waals surface area contributed by atoms with Gasteiger partial charge in [-0.05, 0) is 59.7 Å². The van der Waals surface area contributed by atoms with E-state index >= 15 is 0 Å². The van der Waals surface area contributed by atoms with Crippen LogP contribution in [0.4, 0.5) is 0 Å². The van der Waals surface area contributed by atoms with Crippen LogP contribution in [-0.4, -0.2) is 302 Å². The lowest BCUT2D eigenvalue weighted by molar-refractivity contribution is -0.423. The molecule has 0 bridgehead atoms. The molecule has 530 valence electrons. The Kier molecular flexibility index (Phi) is 26.0. The summed E-state index contributed by atoms with van der Waals surface area (Å²) in [5, 5.41) is 154. The van der Waals surface area contributed by atoms with Gasteiger partial charge in [0.25, 0.3) is 0 Å². The molecule has 0 spiro atoms. The number of rotatable bonds is 26. The Hall–Kier alpha value is -7.15. The Labute approximate surface area is 545 Å². The molecule has 5 aliphatic heterocycles. The van der Waals surface area contributed by atoms with Crippen molar-refractivity contribution in [2.75, 3.05) is 53.9 Å². The number of ether oxygens (including phenoxy) is 16. The zero-order valence-electron chi connectivity index (χ0n) is 51.5. The van der Waals surface area contributed by atoms with Crippen LogP contribution in [0.5, 0.6) is 23.0 Å². The van der Waals surface area contributed by atoms with E-state index < -0.39 is 216 Å². The van der Waals surface area contributed by atoms with E-state index in [9.17, 15) is 95.5 Å². The molecule has 35 nitrogen and oxygen atoms in total. The Morgan fingerprint density at radius 2 is 0.969 bits per heavy atom. The largest absolute Gasteiger partial charge is 0.504 e. The van der Waals surface area contributed by atoms with Crippen LogP contribution in [0.3, 0.4) is 0 Å². The normalized spacial score (nSPS) is 35.4. The van der Waals surface area contributed by atoms with Gasteiger partial charge in [-0.25, -0.2) is 14.4 Å². The zero-order chi connectivity index (χ0) is 69.9. The minimum Gasteiger partial charge on any atom is -0.504 e. The van der Waals surface area contributed by atoms with E-state index in [1.54, 1.807) is 6.07 Å². The molecule has 5 saturated heterocycles. The fraction of sp³-hybridized carbons (Fsp3) is 0.557. The Balaban J connectivity index is 1.30. The number of esters is 5. The Bertz CT molecular complexity index is 3150. The summed E-state index contributed by atoms with van der Waals surface area (Å²) in [6, 6.07) is 14.9. The molecule has 8 rings (SSSR count). The van der Waals surface area contributed by atoms with E-state index in [4.69, 9.17) is 75.8 Å². The highest BCUT2D eigenvalue weighted by molar-refractivity contribution is 5.90. The number of aromatic hydroxyl groups is 2. The van der Waals surface area contributed by atoms with Gasteiger partial charge < -0.3 is 147 Å². The summed E-state index contributed by atoms with van der Waals surface area (Å²) in [7, 11) is 2.51. The second-order valence-electron chi connectivity index (χ2n) is 22.3. The third kappa shape index (κ3) is 17.4. The molecule has 24 atom stereocenters. The molecule has 96 heavy (non-hydrogen) atoms. The van der Waals surface area contributed by atoms with Gasteiger partial charge in [0.2, 0.25) is 5.79 Å². The number of phenols is 2. The average molecular weight is 1370 g/mol. The van der Waals surface area contributed by atoms with E-state index in [0.29, 0.717) is 0 Å². The zero-order valence-corrected chi connectivity index (χ0v) is 51.5. The van der Waals surface area contributed by atoms with Gasteiger partial charge in [0, 0.05) is 26.0 Å². The number of phenolic OH excluding ortho intramolecular Hbond substituents is 2. The molecule has 0 amide bonds. The maximum Gasteiger partial charge on any atom is 0.338 e. The number of methoxy groups -OCH3 is 2. The predicted octanol–water partition coefficient (Wildman–Crippen LogP) is -4.96. The van der Waals surface area contributed by atoms with Gasteiger partial charge in [0.1, 0.15) is 111 Å². The third-order valence-electron chi connectivity index (χ3n) is 15.8. The SMILES string of the molecule is COc1cc(/C=C/C(=O)OC[C@@]2(O[C@H]3O[C@H](CO)[C@@H](OC(=O)/C=C/c4ccc(O)c(OC)c4)[C@H](O[C@H]4O[C@H](COC(C)=O)[C@@H](OC(C)=O)[C@H](O[C@H]5O[C@H](CO)[C@@H](O)[C@H](O)[C@H]5O)[C@H]4O)[C@H]3O[C@@H]3O[C@H](CO)[C@@H](O)[C@H](O)[C@H]3O)O[C@H](CO)[C@@H](O)[C@H]2OC(=O)c2ccccc2)ccc1O. The van der Waals surface area contributed by atoms with Crippen molar-refractivity contribution in [1.82, 2.24) is 0 Å². The highest BCUT2D eigenvalue weighted by Gasteiger charge is 2.64. The highest BCUT2D eigenvalue weighted by Crippen LogP contribution is 2.43. The lowest BCUT2D eigenvalue weighted by Gasteiger charge is -2.51. The topological polar surface area (TPSA) is 516 Å². The summed E-state index contributed by atoms with van der Waals surface area (Å²) in [5.41, 5.74) is 0.317. The van der Waals surface area contributed by atoms with Crippen LogP contribution in [0.1, 0.15) is 35.3 Å². The van der Waals surface area contributed by atoms with Gasteiger partial charge in [-0.3, -0.25) is 9.59 Å². The van der Waals surface area contributed by atoms with Crippen molar-refractivity contribution < 1.29 is 171 Å². The Morgan fingerprint density at radius 3 is 1.49 bits per heavy atom. The van der Waals surface area contributed by atoms with Crippen molar-refractivity contribution in [3.63, 3.8) is 0 Å². The molecule has 0 saturated carbocycles. The maximum atomic E-state index is 14.4. The van der Waals surface area contributed by atoms with Crippen LogP contribution < -0.4 is 9.47 Å². The van der Waals surface area contributed by atoms with Crippen molar-refractivity contribution in [3.05, 3.63) is 95.6 Å². The summed E-state index contributed by atoms with van der Waals surface area (Å²) in [6.07, 6.45) is -45.9. The summed E-state index contributed by atoms with van der Waals surface area (Å²) in [5.74, 6) is -9.47. The van der Waals surface area contributed by atoms with Gasteiger partial charge in [-0.2, -0.15) is 0 Å². The molecule has 3 aromatic rings. The monoisotopic (exact) mass is 1370 g/mol. The minimum atomic E-state index is -3.02. The number of carbonyl (C=O) groups excluding carboxylic acids is 5. The molecular weight excluding hydrogens is 1290 g/mol. The van der Waals surface area contributed by atoms with Crippen molar-refractivity contribution in [2.24, 2.45) is 0 Å². The van der Waals surface area contributed by atoms with Gasteiger partial charge >= 0.3 is 29.8 Å². The molecule has 0 aromatic heterocycles. The molecule has 0 aliphatic carbocycles. The van der Waals surface area contributed by atoms with E-state index in [1.807, 2.05) is 0 Å². The number of carbonyl (C=O) groups is 5. The summed E-state index contributed by atoms with van der Waals surface area (Å²) in [4.78, 5) is 67.8. The van der Waals surface area contributed by atoms with E-state index in [-0.39, 0.29) is 39.7 Å². The number of hydrogen-bond acceptors (Lipinski definition) is 35. The smallest absolute Gasteiger partial charge is 0.338 e. The molecule has 5 fully saturated rings. The van der Waals surface area contributed by atoms with Crippen LogP contribution in [0, 0.1) is 0 Å². The third-order valence-corrected chi connectivity index (χ3v) is 15.8. The lowest BCUT2D eigenvalue weighted by Crippen LogP contribution is -2.70. The quantitative estimate of drug-likeness (QED) is 0.0203. The van der Waals surface area contributed by atoms with E-state index in [2.05, 4.69) is 0 Å². The van der Waals surface area contributed by atoms with Gasteiger partial charge in [-0.1, -0.05) is 30.3 Å². The van der Waals surface area contributed by atoms with Crippen LogP contribution in [0.15, 0.2) is 78.9 Å². The van der Waals surface area contributed by atoms with Crippen molar-refractivity contribution >= 4 is 42.0 Å². The highest BCUT2D eigenvalue weighted by atomic mass is 16.8. The standard InChI is InChI=1S/C61H76O35/c1-26(66)83-24-39-51(85-27(2)67)52(91-57-47(77)45(75)42(72)35(20-62)86-57)49(79)59(89-39)92-53-50(90-41(71)17-13-29-11-15-32(69)34(19-29)82-4)38(23-65)88-60(54(53)93-58-48(78)46(76)43(73)36(21-63)87-58)96-61(25-84-40(70)16-12-28-10-14-31(68)33(18-28)81-3)55(44(74)37(22-64)95-61)94-56(80)30-8-6-5-7-9-30/h5-19,35-39,42-55,57-60,62-65,68-69,72-79H,20-25H2,1-4H3/b16-12+,17-13+/t35-,36-,37-,38-,39-,42-,43-,44-,45+,46+,47-,48-,49-,50-,51-,52-,53+,54-,55-,57-,58+,59-,60-,61+/m1/s1. The molecule has 5 heterocycles. The van der Waals surface area contributed by atoms with Gasteiger partial charge in [0.15, 0.2) is 66.5 Å². The van der Waals surface area contributed by atoms with E-state index in [0.717, 1.165) is 32.1 Å². The second kappa shape index (κ2) is 33.4. The molecule has 0 radical (unpaired) electrons. The van der Waals surface area contributed by atoms with E-state index in [1.165, 1.54) is 81.0 Å². The minimum absolute atomic E-state index is 0.00293. The molecule has 35 heteroatoms. The first kappa shape index (κ1) is 74.6. The molecule has 5 aliphatic rings. The molecule has 3 aromatic carbocycles. The summed E-state index contributed by atoms with van der Waals surface area (Å²) >= 11 is 0. The van der Waals surface area contributed by atoms with Gasteiger partial charge in [0.05, 0.1) is 46.2 Å². The Morgan fingerprint density at radius 1 is 0.479 bits per heavy atom. The van der Waals surface area contributed by atoms with Crippen molar-refractivity contribution in [2.45, 2.75) is 161 Å². The number of aliphatic hydroxyl groups is 12. The number of aliphatic hydroxyl groups excluding tert-OH is 12. The average Bonchev–Trinajstić information content (AvgIpc) is 1.43. The molecule has 14 N–H and O–H groups in total. The summed E-state index contributed by atoms with van der Waals surface area (Å²) < 4.78 is 94.5.